The zero-order valence-electron chi connectivity index (χ0n) is 16.1. The van der Waals surface area contributed by atoms with Crippen LogP contribution in [-0.4, -0.2) is 0 Å². The second kappa shape index (κ2) is 2.88. The number of nitrogens with two attached hydrogens (primary N) is 1. The lowest BCUT2D eigenvalue weighted by Gasteiger charge is -2.21. The van der Waals surface area contributed by atoms with Gasteiger partial charge in [-0.3, -0.25) is 0 Å². The van der Waals surface area contributed by atoms with E-state index in [0.29, 0.717) is 11.1 Å². The maximum Gasteiger partial charge on any atom is 0.0648 e. The molecule has 0 amide bonds. The van der Waals surface area contributed by atoms with Gasteiger partial charge in [-0.2, -0.15) is 0 Å². The van der Waals surface area contributed by atoms with Gasteiger partial charge in [0.15, 0.2) is 0 Å². The molecule has 80 valence electrons. The first-order valence-corrected chi connectivity index (χ1v) is 5.04. The van der Waals surface area contributed by atoms with E-state index < -0.39 is 5.41 Å². The first-order chi connectivity index (χ1) is 10.5. The van der Waals surface area contributed by atoms with Gasteiger partial charge in [-0.1, -0.05) is 44.1 Å². The van der Waals surface area contributed by atoms with Crippen LogP contribution in [0.2, 0.25) is 0 Å². The number of anilines is 1. The third-order valence-electron chi connectivity index (χ3n) is 3.02. The summed E-state index contributed by atoms with van der Waals surface area (Å²) in [6.07, 6.45) is 0. The molecule has 1 heteroatoms. The Hall–Kier alpha value is -1.76. The van der Waals surface area contributed by atoms with Crippen molar-refractivity contribution in [1.29, 1.82) is 0 Å². The minimum Gasteiger partial charge on any atom is -0.399 e. The average Bonchev–Trinajstić information content (AvgIpc) is 2.74. The van der Waals surface area contributed by atoms with Gasteiger partial charge in [0.1, 0.15) is 0 Å². The molecule has 16 heavy (non-hydrogen) atoms. The zero-order chi connectivity index (χ0) is 17.4. The highest BCUT2D eigenvalue weighted by molar-refractivity contribution is 5.81. The van der Waals surface area contributed by atoms with Crippen LogP contribution in [0.3, 0.4) is 0 Å². The van der Waals surface area contributed by atoms with Crippen LogP contribution in [0.4, 0.5) is 5.69 Å². The smallest absolute Gasteiger partial charge is 0.0648 e. The van der Waals surface area contributed by atoms with Crippen LogP contribution in [0.5, 0.6) is 0 Å². The predicted octanol–water partition coefficient (Wildman–Crippen LogP) is 3.58. The van der Waals surface area contributed by atoms with Crippen molar-refractivity contribution in [3.63, 3.8) is 0 Å². The fourth-order valence-electron chi connectivity index (χ4n) is 2.17. The molecule has 0 atom stereocenters. The second-order valence-corrected chi connectivity index (χ2v) is 4.41. The molecule has 1 aliphatic carbocycles. The number of nitrogen functional groups attached to an aromatic ring is 1. The van der Waals surface area contributed by atoms with E-state index in [1.165, 1.54) is 0 Å². The van der Waals surface area contributed by atoms with Gasteiger partial charge in [-0.25, -0.2) is 0 Å². The van der Waals surface area contributed by atoms with Crippen molar-refractivity contribution in [1.82, 2.24) is 0 Å². The summed E-state index contributed by atoms with van der Waals surface area (Å²) in [6.45, 7) is 3.50. The van der Waals surface area contributed by atoms with Crippen LogP contribution in [0, 0.1) is 0 Å². The molecule has 2 N–H and O–H groups in total. The van der Waals surface area contributed by atoms with Gasteiger partial charge in [0.05, 0.1) is 9.60 Å². The quantitative estimate of drug-likeness (QED) is 0.669. The minimum atomic E-state index is -0.893. The maximum atomic E-state index is 8.25. The van der Waals surface area contributed by atoms with Crippen molar-refractivity contribution in [3.05, 3.63) is 53.4 Å². The third-order valence-corrected chi connectivity index (χ3v) is 3.02. The van der Waals surface area contributed by atoms with Crippen molar-refractivity contribution in [2.45, 2.75) is 19.3 Å². The topological polar surface area (TPSA) is 26.0 Å². The van der Waals surface area contributed by atoms with Gasteiger partial charge in [0.2, 0.25) is 0 Å². The average molecular weight is 216 g/mol. The molecule has 0 heterocycles. The fraction of sp³-hybridized carbons (Fsp3) is 0.200. The Labute approximate surface area is 106 Å². The number of hydrogen-bond donors (Lipinski definition) is 1. The molecular formula is C15H15N. The SMILES string of the molecule is [2H]c1c([2H])c([2H])c2c(c1[2H])-c1c([2H])c([2H])c(N)c([2H])c1C2(C)C. The van der Waals surface area contributed by atoms with Gasteiger partial charge >= 0.3 is 0 Å². The summed E-state index contributed by atoms with van der Waals surface area (Å²) in [5, 5.41) is 0. The van der Waals surface area contributed by atoms with E-state index in [1.54, 1.807) is 13.8 Å². The van der Waals surface area contributed by atoms with Gasteiger partial charge < -0.3 is 5.73 Å². The van der Waals surface area contributed by atoms with Gasteiger partial charge in [0.25, 0.3) is 0 Å². The molecular weight excluding hydrogens is 194 g/mol. The van der Waals surface area contributed by atoms with Gasteiger partial charge in [-0.15, -0.1) is 0 Å². The number of hydrogen-bond acceptors (Lipinski definition) is 1. The summed E-state index contributed by atoms with van der Waals surface area (Å²) in [6, 6.07) is -1.72. The standard InChI is InChI=1S/C15H15N/c1-15(2)13-6-4-3-5-11(13)12-8-7-10(16)9-14(12)15/h3-9H,16H2,1-2H3/i3D,4D,5D,6D,7D,8D,9D. The van der Waals surface area contributed by atoms with Gasteiger partial charge in [0, 0.05) is 11.1 Å². The monoisotopic (exact) mass is 216 g/mol. The summed E-state index contributed by atoms with van der Waals surface area (Å²) in [5.41, 5.74) is 5.96. The van der Waals surface area contributed by atoms with Crippen molar-refractivity contribution < 1.29 is 9.60 Å². The Bertz CT molecular complexity index is 815. The summed E-state index contributed by atoms with van der Waals surface area (Å²) >= 11 is 0. The second-order valence-electron chi connectivity index (χ2n) is 4.41. The van der Waals surface area contributed by atoms with Crippen LogP contribution in [0.15, 0.2) is 42.3 Å². The van der Waals surface area contributed by atoms with Crippen LogP contribution in [0.1, 0.15) is 34.6 Å². The summed E-state index contributed by atoms with van der Waals surface area (Å²) < 4.78 is 56.5. The fourth-order valence-corrected chi connectivity index (χ4v) is 2.17. The first-order valence-electron chi connectivity index (χ1n) is 8.54. The maximum absolute atomic E-state index is 8.25. The minimum absolute atomic E-state index is 0.0842. The number of fused-ring (bicyclic) bond motifs is 3. The molecule has 0 aromatic heterocycles. The van der Waals surface area contributed by atoms with Crippen molar-refractivity contribution >= 4 is 5.69 Å². The Morgan fingerprint density at radius 1 is 1.00 bits per heavy atom. The Morgan fingerprint density at radius 3 is 2.50 bits per heavy atom. The van der Waals surface area contributed by atoms with E-state index in [0.717, 1.165) is 0 Å². The molecule has 0 saturated carbocycles. The van der Waals surface area contributed by atoms with E-state index in [1.807, 2.05) is 0 Å². The highest BCUT2D eigenvalue weighted by Crippen LogP contribution is 2.48. The van der Waals surface area contributed by atoms with Crippen LogP contribution in [-0.2, 0) is 5.41 Å². The summed E-state index contributed by atoms with van der Waals surface area (Å²) in [5.74, 6) is 0. The molecule has 0 bridgehead atoms. The molecule has 3 rings (SSSR count). The normalized spacial score (nSPS) is 21.8. The Kier molecular flexibility index (Phi) is 0.832. The third kappa shape index (κ3) is 1.06. The molecule has 1 aliphatic rings. The predicted molar refractivity (Wildman–Crippen MR) is 68.4 cm³/mol. The van der Waals surface area contributed by atoms with Gasteiger partial charge in [-0.05, 0) is 34.3 Å². The molecule has 0 saturated heterocycles. The molecule has 0 spiro atoms. The van der Waals surface area contributed by atoms with E-state index in [4.69, 9.17) is 15.3 Å². The molecule has 0 fully saturated rings. The Balaban J connectivity index is 2.63. The van der Waals surface area contributed by atoms with E-state index in [9.17, 15) is 0 Å². The molecule has 1 nitrogen and oxygen atoms in total. The van der Waals surface area contributed by atoms with E-state index >= 15 is 0 Å². The highest BCUT2D eigenvalue weighted by atomic mass is 14.5. The number of benzene rings is 2. The van der Waals surface area contributed by atoms with Crippen LogP contribution in [0.25, 0.3) is 11.1 Å². The highest BCUT2D eigenvalue weighted by Gasteiger charge is 2.34. The zero-order valence-corrected chi connectivity index (χ0v) is 9.08. The first kappa shape index (κ1) is 4.62. The largest absolute Gasteiger partial charge is 0.399 e. The summed E-state index contributed by atoms with van der Waals surface area (Å²) in [4.78, 5) is 0. The number of rotatable bonds is 0. The molecule has 0 aliphatic heterocycles. The van der Waals surface area contributed by atoms with Crippen LogP contribution < -0.4 is 5.73 Å². The summed E-state index contributed by atoms with van der Waals surface area (Å²) in [7, 11) is 0. The lowest BCUT2D eigenvalue weighted by Crippen LogP contribution is -2.15. The van der Waals surface area contributed by atoms with Crippen molar-refractivity contribution in [2.24, 2.45) is 0 Å². The lowest BCUT2D eigenvalue weighted by molar-refractivity contribution is 0.660. The van der Waals surface area contributed by atoms with Crippen molar-refractivity contribution in [2.75, 3.05) is 5.73 Å². The van der Waals surface area contributed by atoms with Crippen LogP contribution >= 0.6 is 0 Å². The molecule has 2 aromatic rings. The molecule has 2 aromatic carbocycles. The Morgan fingerprint density at radius 2 is 1.69 bits per heavy atom. The lowest BCUT2D eigenvalue weighted by atomic mass is 9.82. The molecule has 0 unspecified atom stereocenters. The van der Waals surface area contributed by atoms with E-state index in [-0.39, 0.29) is 59.1 Å². The van der Waals surface area contributed by atoms with E-state index in [2.05, 4.69) is 0 Å². The molecule has 0 radical (unpaired) electrons. The van der Waals surface area contributed by atoms with Crippen molar-refractivity contribution in [3.8, 4) is 11.1 Å².